The van der Waals surface area contributed by atoms with Gasteiger partial charge in [0.2, 0.25) is 11.8 Å². The molecule has 0 spiro atoms. The fourth-order valence-corrected chi connectivity index (χ4v) is 2.00. The van der Waals surface area contributed by atoms with E-state index in [0.717, 1.165) is 5.69 Å². The van der Waals surface area contributed by atoms with E-state index in [2.05, 4.69) is 4.98 Å². The molecule has 2 atom stereocenters. The van der Waals surface area contributed by atoms with E-state index in [0.29, 0.717) is 11.3 Å². The number of esters is 1. The van der Waals surface area contributed by atoms with Crippen molar-refractivity contribution in [1.82, 2.24) is 4.98 Å². The number of nitro groups is 1. The third-order valence-electron chi connectivity index (χ3n) is 3.13. The molecule has 1 aromatic heterocycles. The van der Waals surface area contributed by atoms with Crippen LogP contribution in [0.5, 0.6) is 0 Å². The fraction of sp³-hybridized carbons (Fsp3) is 0.500. The Bertz CT molecular complexity index is 548. The van der Waals surface area contributed by atoms with Crippen LogP contribution in [0.1, 0.15) is 28.2 Å². The fourth-order valence-electron chi connectivity index (χ4n) is 2.00. The molecule has 7 heteroatoms. The number of carbonyl (C=O) groups excluding carboxylic acids is 2. The van der Waals surface area contributed by atoms with Gasteiger partial charge in [-0.05, 0) is 19.9 Å². The molecule has 0 amide bonds. The molecular formula is C12H14N2O5. The summed E-state index contributed by atoms with van der Waals surface area (Å²) >= 11 is 0. The molecule has 1 heterocycles. The van der Waals surface area contributed by atoms with E-state index in [9.17, 15) is 19.7 Å². The van der Waals surface area contributed by atoms with Crippen molar-refractivity contribution in [1.29, 1.82) is 0 Å². The van der Waals surface area contributed by atoms with Crippen molar-refractivity contribution < 1.29 is 19.2 Å². The summed E-state index contributed by atoms with van der Waals surface area (Å²) in [6, 6.07) is 0.835. The largest absolute Gasteiger partial charge is 0.457 e. The first-order valence-electron chi connectivity index (χ1n) is 5.89. The SMILES string of the molecule is Cc1cc(C(=O)COC(=O)C2CC2[N+](=O)[O-])c(C)[nH]1. The Balaban J connectivity index is 1.86. The molecule has 1 N–H and O–H groups in total. The predicted octanol–water partition coefficient (Wildman–Crippen LogP) is 1.02. The monoisotopic (exact) mass is 266 g/mol. The molecule has 7 nitrogen and oxygen atoms in total. The van der Waals surface area contributed by atoms with E-state index in [1.165, 1.54) is 0 Å². The molecule has 0 saturated heterocycles. The molecule has 2 rings (SSSR count). The molecular weight excluding hydrogens is 252 g/mol. The van der Waals surface area contributed by atoms with Gasteiger partial charge in [-0.15, -0.1) is 0 Å². The van der Waals surface area contributed by atoms with Gasteiger partial charge in [0.15, 0.2) is 6.61 Å². The second-order valence-electron chi connectivity index (χ2n) is 4.72. The smallest absolute Gasteiger partial charge is 0.316 e. The summed E-state index contributed by atoms with van der Waals surface area (Å²) in [5.74, 6) is -1.68. The highest BCUT2D eigenvalue weighted by atomic mass is 16.6. The van der Waals surface area contributed by atoms with Crippen LogP contribution in [0.4, 0.5) is 0 Å². The van der Waals surface area contributed by atoms with Gasteiger partial charge in [-0.1, -0.05) is 0 Å². The number of nitrogens with zero attached hydrogens (tertiary/aromatic N) is 1. The summed E-state index contributed by atoms with van der Waals surface area (Å²) < 4.78 is 4.82. The Morgan fingerprint density at radius 2 is 2.21 bits per heavy atom. The Kier molecular flexibility index (Phi) is 3.37. The highest BCUT2D eigenvalue weighted by molar-refractivity contribution is 5.99. The summed E-state index contributed by atoms with van der Waals surface area (Å²) in [7, 11) is 0. The molecule has 1 aliphatic rings. The number of aryl methyl sites for hydroxylation is 2. The van der Waals surface area contributed by atoms with E-state index in [1.807, 2.05) is 6.92 Å². The van der Waals surface area contributed by atoms with Crippen LogP contribution < -0.4 is 0 Å². The zero-order valence-electron chi connectivity index (χ0n) is 10.6. The molecule has 1 fully saturated rings. The Morgan fingerprint density at radius 3 is 2.68 bits per heavy atom. The van der Waals surface area contributed by atoms with Crippen molar-refractivity contribution in [3.05, 3.63) is 33.1 Å². The number of nitrogens with one attached hydrogen (secondary N) is 1. The van der Waals surface area contributed by atoms with E-state index >= 15 is 0 Å². The summed E-state index contributed by atoms with van der Waals surface area (Å²) in [5.41, 5.74) is 2.04. The molecule has 1 saturated carbocycles. The van der Waals surface area contributed by atoms with Gasteiger partial charge in [0.05, 0.1) is 0 Å². The molecule has 1 aliphatic carbocycles. The normalized spacial score (nSPS) is 20.9. The zero-order valence-corrected chi connectivity index (χ0v) is 10.6. The number of ether oxygens (including phenoxy) is 1. The molecule has 1 aromatic rings. The molecule has 0 aliphatic heterocycles. The maximum atomic E-state index is 11.8. The molecule has 102 valence electrons. The number of hydrogen-bond donors (Lipinski definition) is 1. The zero-order chi connectivity index (χ0) is 14.2. The second kappa shape index (κ2) is 4.83. The van der Waals surface area contributed by atoms with Crippen molar-refractivity contribution in [3.63, 3.8) is 0 Å². The number of carbonyl (C=O) groups is 2. The Morgan fingerprint density at radius 1 is 1.53 bits per heavy atom. The lowest BCUT2D eigenvalue weighted by molar-refractivity contribution is -0.497. The van der Waals surface area contributed by atoms with Gasteiger partial charge < -0.3 is 9.72 Å². The Labute approximate surface area is 109 Å². The van der Waals surface area contributed by atoms with Crippen LogP contribution in [0.2, 0.25) is 0 Å². The average molecular weight is 266 g/mol. The van der Waals surface area contributed by atoms with Gasteiger partial charge >= 0.3 is 5.97 Å². The molecule has 0 aromatic carbocycles. The van der Waals surface area contributed by atoms with Crippen molar-refractivity contribution >= 4 is 11.8 Å². The van der Waals surface area contributed by atoms with E-state index < -0.39 is 22.9 Å². The number of rotatable bonds is 5. The van der Waals surface area contributed by atoms with Crippen LogP contribution in [-0.4, -0.2) is 34.3 Å². The minimum absolute atomic E-state index is 0.197. The molecule has 0 bridgehead atoms. The first-order valence-corrected chi connectivity index (χ1v) is 5.89. The second-order valence-corrected chi connectivity index (χ2v) is 4.72. The third kappa shape index (κ3) is 2.81. The predicted molar refractivity (Wildman–Crippen MR) is 64.4 cm³/mol. The van der Waals surface area contributed by atoms with Crippen molar-refractivity contribution in [2.75, 3.05) is 6.61 Å². The quantitative estimate of drug-likeness (QED) is 0.371. The third-order valence-corrected chi connectivity index (χ3v) is 3.13. The number of aromatic nitrogens is 1. The highest BCUT2D eigenvalue weighted by Gasteiger charge is 2.54. The summed E-state index contributed by atoms with van der Waals surface area (Å²) in [6.45, 7) is 3.20. The van der Waals surface area contributed by atoms with E-state index in [1.54, 1.807) is 13.0 Å². The topological polar surface area (TPSA) is 102 Å². The van der Waals surface area contributed by atoms with Crippen LogP contribution in [0, 0.1) is 29.9 Å². The van der Waals surface area contributed by atoms with Gasteiger partial charge in [0.1, 0.15) is 5.92 Å². The maximum absolute atomic E-state index is 11.8. The lowest BCUT2D eigenvalue weighted by atomic mass is 10.1. The van der Waals surface area contributed by atoms with Gasteiger partial charge in [-0.25, -0.2) is 0 Å². The molecule has 0 radical (unpaired) electrons. The van der Waals surface area contributed by atoms with Crippen LogP contribution >= 0.6 is 0 Å². The maximum Gasteiger partial charge on any atom is 0.316 e. The number of ketones is 1. The van der Waals surface area contributed by atoms with Crippen LogP contribution in [0.3, 0.4) is 0 Å². The lowest BCUT2D eigenvalue weighted by Crippen LogP contribution is -2.18. The molecule has 19 heavy (non-hydrogen) atoms. The van der Waals surface area contributed by atoms with Crippen molar-refractivity contribution in [2.45, 2.75) is 26.3 Å². The van der Waals surface area contributed by atoms with Gasteiger partial charge in [-0.3, -0.25) is 19.7 Å². The van der Waals surface area contributed by atoms with Crippen LogP contribution in [-0.2, 0) is 9.53 Å². The van der Waals surface area contributed by atoms with Crippen LogP contribution in [0.15, 0.2) is 6.07 Å². The van der Waals surface area contributed by atoms with E-state index in [-0.39, 0.29) is 18.8 Å². The van der Waals surface area contributed by atoms with E-state index in [4.69, 9.17) is 4.74 Å². The summed E-state index contributed by atoms with van der Waals surface area (Å²) in [5, 5.41) is 10.4. The Hall–Kier alpha value is -2.18. The summed E-state index contributed by atoms with van der Waals surface area (Å²) in [4.78, 5) is 36.2. The average Bonchev–Trinajstić information content (AvgIpc) is 3.06. The van der Waals surface area contributed by atoms with Crippen molar-refractivity contribution in [3.8, 4) is 0 Å². The minimum Gasteiger partial charge on any atom is -0.457 e. The van der Waals surface area contributed by atoms with Gasteiger partial charge in [0, 0.05) is 28.3 Å². The van der Waals surface area contributed by atoms with Crippen LogP contribution in [0.25, 0.3) is 0 Å². The van der Waals surface area contributed by atoms with Gasteiger partial charge in [-0.2, -0.15) is 0 Å². The number of hydrogen-bond acceptors (Lipinski definition) is 5. The number of H-pyrrole nitrogens is 1. The number of aromatic amines is 1. The van der Waals surface area contributed by atoms with Crippen molar-refractivity contribution in [2.24, 2.45) is 5.92 Å². The highest BCUT2D eigenvalue weighted by Crippen LogP contribution is 2.34. The summed E-state index contributed by atoms with van der Waals surface area (Å²) in [6.07, 6.45) is 0.197. The minimum atomic E-state index is -0.848. The standard InChI is InChI=1S/C12H14N2O5/c1-6-3-8(7(2)13-6)11(15)5-19-12(16)9-4-10(9)14(17)18/h3,9-10,13H,4-5H2,1-2H3. The molecule has 2 unspecified atom stereocenters. The number of Topliss-reactive ketones (excluding diaryl/α,β-unsaturated/α-hetero) is 1. The first-order chi connectivity index (χ1) is 8.90. The first kappa shape index (κ1) is 13.3. The van der Waals surface area contributed by atoms with Gasteiger partial charge in [0.25, 0.3) is 0 Å². The lowest BCUT2D eigenvalue weighted by Gasteiger charge is -2.02.